The van der Waals surface area contributed by atoms with Crippen molar-refractivity contribution in [3.8, 4) is 0 Å². The van der Waals surface area contributed by atoms with E-state index in [1.54, 1.807) is 0 Å². The predicted octanol–water partition coefficient (Wildman–Crippen LogP) is 1.92. The van der Waals surface area contributed by atoms with Crippen molar-refractivity contribution in [3.63, 3.8) is 0 Å². The highest BCUT2D eigenvalue weighted by molar-refractivity contribution is 5.75. The number of rotatable bonds is 5. The van der Waals surface area contributed by atoms with Gasteiger partial charge in [0.2, 0.25) is 0 Å². The maximum Gasteiger partial charge on any atom is 0.309 e. The van der Waals surface area contributed by atoms with Crippen LogP contribution in [0, 0.1) is 12.8 Å². The van der Waals surface area contributed by atoms with Gasteiger partial charge in [-0.3, -0.25) is 4.79 Å². The highest BCUT2D eigenvalue weighted by Crippen LogP contribution is 2.13. The Morgan fingerprint density at radius 1 is 1.50 bits per heavy atom. The summed E-state index contributed by atoms with van der Waals surface area (Å²) in [4.78, 5) is 22.2. The molecule has 0 aliphatic carbocycles. The van der Waals surface area contributed by atoms with Crippen molar-refractivity contribution >= 4 is 12.2 Å². The lowest BCUT2D eigenvalue weighted by Gasteiger charge is -2.11. The first-order valence-electron chi connectivity index (χ1n) is 5.65. The third-order valence-electron chi connectivity index (χ3n) is 2.47. The number of aldehydes is 1. The molecular formula is C13H16O3. The van der Waals surface area contributed by atoms with Gasteiger partial charge in [-0.1, -0.05) is 29.8 Å². The molecule has 0 saturated carbocycles. The summed E-state index contributed by atoms with van der Waals surface area (Å²) >= 11 is 0. The lowest BCUT2D eigenvalue weighted by atomic mass is 9.96. The minimum atomic E-state index is -0.743. The maximum atomic E-state index is 11.5. The van der Waals surface area contributed by atoms with Crippen molar-refractivity contribution in [2.45, 2.75) is 19.8 Å². The van der Waals surface area contributed by atoms with Crippen LogP contribution in [0.4, 0.5) is 0 Å². The van der Waals surface area contributed by atoms with E-state index in [4.69, 9.17) is 1.37 Å². The molecule has 3 heteroatoms. The van der Waals surface area contributed by atoms with E-state index < -0.39 is 18.1 Å². The fourth-order valence-corrected chi connectivity index (χ4v) is 1.51. The molecule has 0 fully saturated rings. The second-order valence-electron chi connectivity index (χ2n) is 3.76. The molecule has 0 aliphatic heterocycles. The van der Waals surface area contributed by atoms with E-state index in [0.29, 0.717) is 6.42 Å². The highest BCUT2D eigenvalue weighted by Gasteiger charge is 2.18. The summed E-state index contributed by atoms with van der Waals surface area (Å²) in [5, 5.41) is 0. The second kappa shape index (κ2) is 6.05. The zero-order valence-corrected chi connectivity index (χ0v) is 9.53. The first kappa shape index (κ1) is 10.9. The Bertz CT molecular complexity index is 398. The van der Waals surface area contributed by atoms with Crippen molar-refractivity contribution < 1.29 is 15.7 Å². The lowest BCUT2D eigenvalue weighted by molar-refractivity contribution is -0.146. The van der Waals surface area contributed by atoms with Gasteiger partial charge in [0.05, 0.1) is 13.0 Å². The van der Waals surface area contributed by atoms with Gasteiger partial charge in [0.1, 0.15) is 7.63 Å². The summed E-state index contributed by atoms with van der Waals surface area (Å²) in [6.07, 6.45) is -0.412. The fraction of sp³-hybridized carbons (Fsp3) is 0.385. The van der Waals surface area contributed by atoms with Crippen LogP contribution >= 0.6 is 0 Å². The summed E-state index contributed by atoms with van der Waals surface area (Å²) in [6.45, 7) is 1.98. The molecule has 0 aromatic heterocycles. The van der Waals surface area contributed by atoms with Crippen LogP contribution in [-0.4, -0.2) is 19.3 Å². The van der Waals surface area contributed by atoms with Crippen molar-refractivity contribution in [1.82, 2.24) is 0 Å². The molecule has 0 spiro atoms. The smallest absolute Gasteiger partial charge is 0.309 e. The summed E-state index contributed by atoms with van der Waals surface area (Å²) < 4.78 is 11.6. The Labute approximate surface area is 96.8 Å². The van der Waals surface area contributed by atoms with Crippen molar-refractivity contribution in [3.05, 3.63) is 35.4 Å². The number of benzene rings is 1. The van der Waals surface area contributed by atoms with E-state index in [2.05, 4.69) is 4.74 Å². The summed E-state index contributed by atoms with van der Waals surface area (Å²) in [5.41, 5.74) is 2.10. The van der Waals surface area contributed by atoms with Gasteiger partial charge in [0, 0.05) is 6.42 Å². The van der Waals surface area contributed by atoms with Crippen molar-refractivity contribution in [1.29, 1.82) is 0 Å². The molecule has 0 N–H and O–H groups in total. The van der Waals surface area contributed by atoms with E-state index in [1.807, 2.05) is 31.2 Å². The summed E-state index contributed by atoms with van der Waals surface area (Å²) in [7, 11) is 1.29. The van der Waals surface area contributed by atoms with Crippen molar-refractivity contribution in [2.75, 3.05) is 7.11 Å². The van der Waals surface area contributed by atoms with Gasteiger partial charge in [-0.25, -0.2) is 0 Å². The Kier molecular flexibility index (Phi) is 4.11. The molecular weight excluding hydrogens is 204 g/mol. The third-order valence-corrected chi connectivity index (χ3v) is 2.47. The molecule has 0 aliphatic rings. The largest absolute Gasteiger partial charge is 0.469 e. The first-order chi connectivity index (χ1) is 8.02. The van der Waals surface area contributed by atoms with Crippen LogP contribution in [0.3, 0.4) is 0 Å². The minimum absolute atomic E-state index is 0.0967. The van der Waals surface area contributed by atoms with Crippen LogP contribution in [0.1, 0.15) is 18.9 Å². The van der Waals surface area contributed by atoms with Crippen LogP contribution in [0.25, 0.3) is 0 Å². The fourth-order valence-electron chi connectivity index (χ4n) is 1.51. The van der Waals surface area contributed by atoms with Gasteiger partial charge in [0.25, 0.3) is 0 Å². The zero-order valence-electron chi connectivity index (χ0n) is 10.5. The van der Waals surface area contributed by atoms with Crippen LogP contribution < -0.4 is 0 Å². The number of aryl methyl sites for hydroxylation is 1. The summed E-state index contributed by atoms with van der Waals surface area (Å²) in [6, 6.07) is 7.73. The standard InChI is InChI=1S/C13H16O3/c1-10-3-5-11(6-4-10)9-12(7-8-14)13(15)16-2/h3-6,8,12H,7,9H2,1-2H3/i8D. The van der Waals surface area contributed by atoms with Gasteiger partial charge in [-0.15, -0.1) is 0 Å². The van der Waals surface area contributed by atoms with Crippen LogP contribution in [0.15, 0.2) is 24.3 Å². The first-order valence-corrected chi connectivity index (χ1v) is 5.15. The predicted molar refractivity (Wildman–Crippen MR) is 61.1 cm³/mol. The third kappa shape index (κ3) is 3.50. The van der Waals surface area contributed by atoms with Gasteiger partial charge >= 0.3 is 5.97 Å². The maximum absolute atomic E-state index is 11.5. The molecule has 0 radical (unpaired) electrons. The monoisotopic (exact) mass is 221 g/mol. The average molecular weight is 221 g/mol. The molecule has 0 heterocycles. The van der Waals surface area contributed by atoms with Gasteiger partial charge in [0.15, 0.2) is 0 Å². The van der Waals surface area contributed by atoms with Crippen LogP contribution in [0.2, 0.25) is 0 Å². The number of methoxy groups -OCH3 is 1. The normalized spacial score (nSPS) is 12.8. The highest BCUT2D eigenvalue weighted by atomic mass is 16.5. The number of esters is 1. The molecule has 1 aromatic rings. The van der Waals surface area contributed by atoms with Gasteiger partial charge in [-0.2, -0.15) is 0 Å². The Hall–Kier alpha value is -1.64. The molecule has 1 atom stereocenters. The van der Waals surface area contributed by atoms with Crippen molar-refractivity contribution in [2.24, 2.45) is 5.92 Å². The topological polar surface area (TPSA) is 43.4 Å². The van der Waals surface area contributed by atoms with Crippen LogP contribution in [0.5, 0.6) is 0 Å². The molecule has 3 nitrogen and oxygen atoms in total. The van der Waals surface area contributed by atoms with Gasteiger partial charge in [-0.05, 0) is 18.9 Å². The molecule has 0 amide bonds. The summed E-state index contributed by atoms with van der Waals surface area (Å²) in [5.74, 6) is -1.00. The zero-order chi connectivity index (χ0) is 12.8. The van der Waals surface area contributed by atoms with E-state index in [9.17, 15) is 9.59 Å². The average Bonchev–Trinajstić information content (AvgIpc) is 2.29. The number of carbonyl (C=O) groups is 2. The number of hydrogen-bond donors (Lipinski definition) is 0. The van der Waals surface area contributed by atoms with Gasteiger partial charge < -0.3 is 9.53 Å². The molecule has 0 bridgehead atoms. The SMILES string of the molecule is [2H]C(=O)CC(Cc1ccc(C)cc1)C(=O)OC. The number of ether oxygens (including phenoxy) is 1. The molecule has 1 aromatic carbocycles. The second-order valence-corrected chi connectivity index (χ2v) is 3.76. The minimum Gasteiger partial charge on any atom is -0.469 e. The number of hydrogen-bond acceptors (Lipinski definition) is 3. The van der Waals surface area contributed by atoms with E-state index in [-0.39, 0.29) is 6.42 Å². The van der Waals surface area contributed by atoms with E-state index in [1.165, 1.54) is 7.11 Å². The van der Waals surface area contributed by atoms with Crippen LogP contribution in [-0.2, 0) is 20.7 Å². The molecule has 86 valence electrons. The van der Waals surface area contributed by atoms with E-state index >= 15 is 0 Å². The molecule has 16 heavy (non-hydrogen) atoms. The quantitative estimate of drug-likeness (QED) is 0.563. The molecule has 1 rings (SSSR count). The molecule has 0 saturated heterocycles. The van der Waals surface area contributed by atoms with E-state index in [0.717, 1.165) is 11.1 Å². The Morgan fingerprint density at radius 2 is 2.12 bits per heavy atom. The Balaban J connectivity index is 2.75. The molecule has 1 unspecified atom stereocenters. The lowest BCUT2D eigenvalue weighted by Crippen LogP contribution is -2.19. The Morgan fingerprint density at radius 3 is 2.62 bits per heavy atom. The number of carbonyl (C=O) groups excluding carboxylic acids is 2.